The number of hydrogen-bond donors (Lipinski definition) is 2. The Morgan fingerprint density at radius 2 is 1.79 bits per heavy atom. The van der Waals surface area contributed by atoms with Crippen molar-refractivity contribution in [1.82, 2.24) is 0 Å². The fourth-order valence-electron chi connectivity index (χ4n) is 1.85. The molecule has 0 aliphatic heterocycles. The molecule has 0 amide bonds. The van der Waals surface area contributed by atoms with Crippen molar-refractivity contribution in [3.8, 4) is 5.75 Å². The van der Waals surface area contributed by atoms with E-state index in [1.165, 1.54) is 5.56 Å². The highest BCUT2D eigenvalue weighted by Crippen LogP contribution is 2.24. The van der Waals surface area contributed by atoms with Crippen LogP contribution < -0.4 is 5.32 Å². The summed E-state index contributed by atoms with van der Waals surface area (Å²) in [5, 5.41) is 13.1. The lowest BCUT2D eigenvalue weighted by atomic mass is 10.0. The van der Waals surface area contributed by atoms with Crippen LogP contribution in [-0.4, -0.2) is 5.11 Å². The Morgan fingerprint density at radius 3 is 2.37 bits per heavy atom. The molecule has 0 heterocycles. The molecule has 0 atom stereocenters. The van der Waals surface area contributed by atoms with Crippen molar-refractivity contribution in [1.29, 1.82) is 0 Å². The molecule has 0 bridgehead atoms. The smallest absolute Gasteiger partial charge is 0.134 e. The summed E-state index contributed by atoms with van der Waals surface area (Å²) < 4.78 is 0. The number of aromatic hydroxyl groups is 1. The summed E-state index contributed by atoms with van der Waals surface area (Å²) in [5.74, 6) is 0.664. The van der Waals surface area contributed by atoms with Crippen molar-refractivity contribution in [3.63, 3.8) is 0 Å². The van der Waals surface area contributed by atoms with Crippen LogP contribution >= 0.6 is 11.6 Å². The van der Waals surface area contributed by atoms with E-state index >= 15 is 0 Å². The molecule has 2 aromatic rings. The van der Waals surface area contributed by atoms with Gasteiger partial charge in [0.15, 0.2) is 0 Å². The Morgan fingerprint density at radius 1 is 1.11 bits per heavy atom. The molecular weight excluding hydrogens is 258 g/mol. The van der Waals surface area contributed by atoms with Crippen LogP contribution in [0, 0.1) is 0 Å². The number of hydrogen-bond acceptors (Lipinski definition) is 2. The maximum Gasteiger partial charge on any atom is 0.134 e. The van der Waals surface area contributed by atoms with Crippen molar-refractivity contribution in [2.24, 2.45) is 0 Å². The first-order chi connectivity index (χ1) is 9.06. The molecule has 0 aliphatic carbocycles. The minimum Gasteiger partial charge on any atom is -0.506 e. The molecule has 0 unspecified atom stereocenters. The quantitative estimate of drug-likeness (QED) is 0.841. The zero-order chi connectivity index (χ0) is 13.8. The summed E-state index contributed by atoms with van der Waals surface area (Å²) >= 11 is 5.87. The van der Waals surface area contributed by atoms with E-state index in [-0.39, 0.29) is 5.75 Å². The Bertz CT molecular complexity index is 549. The second kappa shape index (κ2) is 5.98. The van der Waals surface area contributed by atoms with Gasteiger partial charge < -0.3 is 10.4 Å². The number of anilines is 1. The van der Waals surface area contributed by atoms with Gasteiger partial charge >= 0.3 is 0 Å². The maximum absolute atomic E-state index is 9.36. The molecule has 0 aromatic heterocycles. The second-order valence-electron chi connectivity index (χ2n) is 4.92. The first-order valence-electron chi connectivity index (χ1n) is 6.37. The second-order valence-corrected chi connectivity index (χ2v) is 5.32. The molecule has 2 rings (SSSR count). The van der Waals surface area contributed by atoms with Crippen LogP contribution in [-0.2, 0) is 6.54 Å². The van der Waals surface area contributed by atoms with Crippen molar-refractivity contribution in [3.05, 3.63) is 58.6 Å². The first kappa shape index (κ1) is 13.8. The summed E-state index contributed by atoms with van der Waals surface area (Å²) in [6, 6.07) is 13.7. The molecule has 2 nitrogen and oxygen atoms in total. The average Bonchev–Trinajstić information content (AvgIpc) is 2.40. The van der Waals surface area contributed by atoms with Crippen LogP contribution in [0.1, 0.15) is 30.9 Å². The molecule has 0 fully saturated rings. The van der Waals surface area contributed by atoms with Crippen LogP contribution in [0.5, 0.6) is 5.75 Å². The lowest BCUT2D eigenvalue weighted by Gasteiger charge is -2.10. The van der Waals surface area contributed by atoms with Crippen molar-refractivity contribution < 1.29 is 5.11 Å². The summed E-state index contributed by atoms with van der Waals surface area (Å²) in [6.45, 7) is 5.04. The fraction of sp³-hybridized carbons (Fsp3) is 0.250. The van der Waals surface area contributed by atoms with E-state index in [1.54, 1.807) is 12.1 Å². The van der Waals surface area contributed by atoms with Gasteiger partial charge in [-0.2, -0.15) is 0 Å². The van der Waals surface area contributed by atoms with Crippen LogP contribution in [0.15, 0.2) is 42.5 Å². The highest BCUT2D eigenvalue weighted by molar-refractivity contribution is 6.32. The standard InChI is InChI=1S/C16H18ClNO/c1-11(2)13-4-6-14(7-5-13)18-10-12-3-8-16(19)15(17)9-12/h3-9,11,18-19H,10H2,1-2H3. The van der Waals surface area contributed by atoms with Crippen LogP contribution in [0.2, 0.25) is 5.02 Å². The molecule has 0 saturated carbocycles. The molecular formula is C16H18ClNO. The Kier molecular flexibility index (Phi) is 4.33. The largest absolute Gasteiger partial charge is 0.506 e. The third-order valence-electron chi connectivity index (χ3n) is 3.09. The zero-order valence-electron chi connectivity index (χ0n) is 11.2. The normalized spacial score (nSPS) is 10.7. The monoisotopic (exact) mass is 275 g/mol. The number of phenols is 1. The molecule has 2 aromatic carbocycles. The number of benzene rings is 2. The lowest BCUT2D eigenvalue weighted by Crippen LogP contribution is -1.99. The van der Waals surface area contributed by atoms with Crippen molar-refractivity contribution in [2.75, 3.05) is 5.32 Å². The highest BCUT2D eigenvalue weighted by Gasteiger charge is 2.01. The van der Waals surface area contributed by atoms with Gasteiger partial charge in [-0.25, -0.2) is 0 Å². The van der Waals surface area contributed by atoms with E-state index in [4.69, 9.17) is 11.6 Å². The van der Waals surface area contributed by atoms with Gasteiger partial charge in [0.2, 0.25) is 0 Å². The molecule has 0 radical (unpaired) electrons. The maximum atomic E-state index is 9.36. The summed E-state index contributed by atoms with van der Waals surface area (Å²) in [4.78, 5) is 0. The molecule has 0 aliphatic rings. The summed E-state index contributed by atoms with van der Waals surface area (Å²) in [6.07, 6.45) is 0. The van der Waals surface area contributed by atoms with Crippen molar-refractivity contribution in [2.45, 2.75) is 26.3 Å². The molecule has 19 heavy (non-hydrogen) atoms. The van der Waals surface area contributed by atoms with E-state index in [1.807, 2.05) is 6.07 Å². The Hall–Kier alpha value is -1.67. The number of halogens is 1. The first-order valence-corrected chi connectivity index (χ1v) is 6.75. The minimum absolute atomic E-state index is 0.117. The third kappa shape index (κ3) is 3.65. The van der Waals surface area contributed by atoms with E-state index in [9.17, 15) is 5.11 Å². The van der Waals surface area contributed by atoms with Crippen LogP contribution in [0.4, 0.5) is 5.69 Å². The minimum atomic E-state index is 0.117. The Labute approximate surface area is 119 Å². The zero-order valence-corrected chi connectivity index (χ0v) is 11.9. The number of rotatable bonds is 4. The van der Waals surface area contributed by atoms with Crippen LogP contribution in [0.3, 0.4) is 0 Å². The predicted molar refractivity (Wildman–Crippen MR) is 81.0 cm³/mol. The van der Waals surface area contributed by atoms with E-state index in [0.717, 1.165) is 11.3 Å². The summed E-state index contributed by atoms with van der Waals surface area (Å²) in [7, 11) is 0. The van der Waals surface area contributed by atoms with Gasteiger partial charge in [-0.05, 0) is 41.3 Å². The molecule has 3 heteroatoms. The van der Waals surface area contributed by atoms with E-state index in [2.05, 4.69) is 43.4 Å². The van der Waals surface area contributed by atoms with Gasteiger partial charge in [0.05, 0.1) is 5.02 Å². The van der Waals surface area contributed by atoms with Gasteiger partial charge in [0.1, 0.15) is 5.75 Å². The highest BCUT2D eigenvalue weighted by atomic mass is 35.5. The van der Waals surface area contributed by atoms with Crippen molar-refractivity contribution >= 4 is 17.3 Å². The summed E-state index contributed by atoms with van der Waals surface area (Å²) in [5.41, 5.74) is 3.45. The van der Waals surface area contributed by atoms with Gasteiger partial charge in [-0.1, -0.05) is 43.6 Å². The topological polar surface area (TPSA) is 32.3 Å². The lowest BCUT2D eigenvalue weighted by molar-refractivity contribution is 0.475. The van der Waals surface area contributed by atoms with Crippen LogP contribution in [0.25, 0.3) is 0 Å². The Balaban J connectivity index is 2.00. The van der Waals surface area contributed by atoms with Gasteiger partial charge in [-0.3, -0.25) is 0 Å². The van der Waals surface area contributed by atoms with E-state index < -0.39 is 0 Å². The average molecular weight is 276 g/mol. The van der Waals surface area contributed by atoms with E-state index in [0.29, 0.717) is 17.5 Å². The molecule has 0 saturated heterocycles. The SMILES string of the molecule is CC(C)c1ccc(NCc2ccc(O)c(Cl)c2)cc1. The molecule has 100 valence electrons. The number of phenolic OH excluding ortho intramolecular Hbond substituents is 1. The van der Waals surface area contributed by atoms with Gasteiger partial charge in [-0.15, -0.1) is 0 Å². The van der Waals surface area contributed by atoms with Gasteiger partial charge in [0, 0.05) is 12.2 Å². The third-order valence-corrected chi connectivity index (χ3v) is 3.39. The van der Waals surface area contributed by atoms with Gasteiger partial charge in [0.25, 0.3) is 0 Å². The predicted octanol–water partition coefficient (Wildman–Crippen LogP) is 4.78. The molecule has 0 spiro atoms. The number of nitrogens with one attached hydrogen (secondary N) is 1. The fourth-order valence-corrected chi connectivity index (χ4v) is 2.05. The molecule has 2 N–H and O–H groups in total.